The monoisotopic (exact) mass is 346 g/mol. The van der Waals surface area contributed by atoms with Crippen LogP contribution in [-0.2, 0) is 11.2 Å². The highest BCUT2D eigenvalue weighted by atomic mass is 79.9. The van der Waals surface area contributed by atoms with E-state index in [1.54, 1.807) is 18.2 Å². The molecule has 3 nitrogen and oxygen atoms in total. The molecule has 100 valence electrons. The summed E-state index contributed by atoms with van der Waals surface area (Å²) in [6.45, 7) is 0. The number of carbonyl (C=O) groups is 1. The van der Waals surface area contributed by atoms with E-state index >= 15 is 0 Å². The summed E-state index contributed by atoms with van der Waals surface area (Å²) in [6, 6.07) is 14.6. The molecule has 0 bridgehead atoms. The Balaban J connectivity index is 2.10. The van der Waals surface area contributed by atoms with E-state index in [2.05, 4.69) is 39.9 Å². The van der Waals surface area contributed by atoms with Gasteiger partial charge in [-0.15, -0.1) is 12.6 Å². The highest BCUT2D eigenvalue weighted by Gasteiger charge is 2.08. The first-order valence-electron chi connectivity index (χ1n) is 5.86. The summed E-state index contributed by atoms with van der Waals surface area (Å²) in [4.78, 5) is 12.8. The van der Waals surface area contributed by atoms with Crippen LogP contribution in [0.25, 0.3) is 0 Å². The number of nitriles is 1. The Morgan fingerprint density at radius 3 is 2.60 bits per heavy atom. The number of anilines is 1. The smallest absolute Gasteiger partial charge is 0.228 e. The number of amides is 1. The zero-order chi connectivity index (χ0) is 14.5. The fourth-order valence-corrected chi connectivity index (χ4v) is 2.22. The summed E-state index contributed by atoms with van der Waals surface area (Å²) in [7, 11) is 0. The molecule has 0 heterocycles. The van der Waals surface area contributed by atoms with Crippen LogP contribution in [0.2, 0.25) is 0 Å². The van der Waals surface area contributed by atoms with E-state index in [1.165, 1.54) is 0 Å². The molecule has 0 saturated heterocycles. The van der Waals surface area contributed by atoms with Crippen molar-refractivity contribution in [3.63, 3.8) is 0 Å². The average molecular weight is 347 g/mol. The molecule has 0 saturated carbocycles. The van der Waals surface area contributed by atoms with Gasteiger partial charge in [-0.3, -0.25) is 4.79 Å². The zero-order valence-corrected chi connectivity index (χ0v) is 12.9. The lowest BCUT2D eigenvalue weighted by Crippen LogP contribution is -2.15. The van der Waals surface area contributed by atoms with Crippen LogP contribution >= 0.6 is 28.6 Å². The van der Waals surface area contributed by atoms with Crippen molar-refractivity contribution in [3.8, 4) is 6.07 Å². The normalized spacial score (nSPS) is 9.85. The molecule has 2 rings (SSSR count). The summed E-state index contributed by atoms with van der Waals surface area (Å²) in [5.41, 5.74) is 1.85. The van der Waals surface area contributed by atoms with Gasteiger partial charge in [-0.1, -0.05) is 28.1 Å². The number of halogens is 1. The molecule has 0 radical (unpaired) electrons. The lowest BCUT2D eigenvalue weighted by molar-refractivity contribution is -0.115. The molecular weight excluding hydrogens is 336 g/mol. The predicted octanol–water partition coefficient (Wildman–Crippen LogP) is 3.79. The Labute approximate surface area is 131 Å². The molecule has 0 aliphatic rings. The molecular formula is C15H11BrN2OS. The molecule has 0 fully saturated rings. The van der Waals surface area contributed by atoms with Crippen LogP contribution in [-0.4, -0.2) is 5.91 Å². The second-order valence-corrected chi connectivity index (χ2v) is 5.63. The highest BCUT2D eigenvalue weighted by Crippen LogP contribution is 2.21. The standard InChI is InChI=1S/C15H11BrN2OS/c16-12-4-3-11(9-17)14(8-12)18-15(19)7-10-1-5-13(20)6-2-10/h1-6,8,20H,7H2,(H,18,19). The van der Waals surface area contributed by atoms with Gasteiger partial charge in [-0.05, 0) is 35.9 Å². The van der Waals surface area contributed by atoms with Crippen LogP contribution in [0, 0.1) is 11.3 Å². The number of carbonyl (C=O) groups excluding carboxylic acids is 1. The molecule has 1 amide bonds. The van der Waals surface area contributed by atoms with Gasteiger partial charge in [0.25, 0.3) is 0 Å². The molecule has 2 aromatic carbocycles. The van der Waals surface area contributed by atoms with E-state index < -0.39 is 0 Å². The first-order chi connectivity index (χ1) is 9.58. The van der Waals surface area contributed by atoms with Crippen molar-refractivity contribution in [2.75, 3.05) is 5.32 Å². The molecule has 0 spiro atoms. The number of hydrogen-bond acceptors (Lipinski definition) is 3. The third kappa shape index (κ3) is 3.86. The second kappa shape index (κ2) is 6.60. The summed E-state index contributed by atoms with van der Waals surface area (Å²) in [6.07, 6.45) is 0.255. The Hall–Kier alpha value is -1.77. The first-order valence-corrected chi connectivity index (χ1v) is 7.10. The summed E-state index contributed by atoms with van der Waals surface area (Å²) in [5, 5.41) is 11.8. The topological polar surface area (TPSA) is 52.9 Å². The van der Waals surface area contributed by atoms with E-state index in [4.69, 9.17) is 5.26 Å². The molecule has 20 heavy (non-hydrogen) atoms. The van der Waals surface area contributed by atoms with Gasteiger partial charge in [-0.2, -0.15) is 5.26 Å². The predicted molar refractivity (Wildman–Crippen MR) is 84.9 cm³/mol. The fraction of sp³-hybridized carbons (Fsp3) is 0.0667. The van der Waals surface area contributed by atoms with Crippen LogP contribution in [0.3, 0.4) is 0 Å². The fourth-order valence-electron chi connectivity index (χ4n) is 1.71. The van der Waals surface area contributed by atoms with Gasteiger partial charge in [-0.25, -0.2) is 0 Å². The third-order valence-corrected chi connectivity index (χ3v) is 3.47. The zero-order valence-electron chi connectivity index (χ0n) is 10.4. The Morgan fingerprint density at radius 2 is 1.95 bits per heavy atom. The van der Waals surface area contributed by atoms with Crippen molar-refractivity contribution in [2.24, 2.45) is 0 Å². The van der Waals surface area contributed by atoms with Gasteiger partial charge >= 0.3 is 0 Å². The van der Waals surface area contributed by atoms with Crippen LogP contribution in [0.5, 0.6) is 0 Å². The minimum Gasteiger partial charge on any atom is -0.325 e. The molecule has 0 aromatic heterocycles. The van der Waals surface area contributed by atoms with E-state index in [0.717, 1.165) is 14.9 Å². The van der Waals surface area contributed by atoms with Gasteiger partial charge < -0.3 is 5.32 Å². The Bertz CT molecular complexity index is 677. The molecule has 0 aliphatic carbocycles. The maximum absolute atomic E-state index is 12.0. The van der Waals surface area contributed by atoms with E-state index in [-0.39, 0.29) is 12.3 Å². The van der Waals surface area contributed by atoms with Crippen molar-refractivity contribution in [3.05, 3.63) is 58.1 Å². The largest absolute Gasteiger partial charge is 0.325 e. The number of hydrogen-bond donors (Lipinski definition) is 2. The number of benzene rings is 2. The number of thiol groups is 1. The lowest BCUT2D eigenvalue weighted by Gasteiger charge is -2.08. The summed E-state index contributed by atoms with van der Waals surface area (Å²) < 4.78 is 0.811. The van der Waals surface area contributed by atoms with Crippen molar-refractivity contribution >= 4 is 40.2 Å². The van der Waals surface area contributed by atoms with Gasteiger partial charge in [0, 0.05) is 9.37 Å². The molecule has 0 atom stereocenters. The average Bonchev–Trinajstić information content (AvgIpc) is 2.41. The molecule has 2 aromatic rings. The van der Waals surface area contributed by atoms with Crippen molar-refractivity contribution in [1.29, 1.82) is 5.26 Å². The molecule has 1 N–H and O–H groups in total. The second-order valence-electron chi connectivity index (χ2n) is 4.19. The SMILES string of the molecule is N#Cc1ccc(Br)cc1NC(=O)Cc1ccc(S)cc1. The molecule has 0 aliphatic heterocycles. The Kier molecular flexibility index (Phi) is 4.83. The van der Waals surface area contributed by atoms with E-state index in [1.807, 2.05) is 24.3 Å². The number of rotatable bonds is 3. The molecule has 5 heteroatoms. The van der Waals surface area contributed by atoms with Crippen LogP contribution in [0.4, 0.5) is 5.69 Å². The van der Waals surface area contributed by atoms with Gasteiger partial charge in [0.05, 0.1) is 17.7 Å². The Morgan fingerprint density at radius 1 is 1.25 bits per heavy atom. The van der Waals surface area contributed by atoms with Crippen molar-refractivity contribution in [2.45, 2.75) is 11.3 Å². The van der Waals surface area contributed by atoms with Crippen LogP contribution in [0.15, 0.2) is 51.8 Å². The highest BCUT2D eigenvalue weighted by molar-refractivity contribution is 9.10. The third-order valence-electron chi connectivity index (χ3n) is 2.68. The minimum atomic E-state index is -0.161. The number of nitrogens with zero attached hydrogens (tertiary/aromatic N) is 1. The van der Waals surface area contributed by atoms with Gasteiger partial charge in [0.1, 0.15) is 6.07 Å². The van der Waals surface area contributed by atoms with E-state index in [9.17, 15) is 4.79 Å². The summed E-state index contributed by atoms with van der Waals surface area (Å²) >= 11 is 7.52. The van der Waals surface area contributed by atoms with Gasteiger partial charge in [0.2, 0.25) is 5.91 Å². The minimum absolute atomic E-state index is 0.161. The maximum atomic E-state index is 12.0. The van der Waals surface area contributed by atoms with Crippen molar-refractivity contribution < 1.29 is 4.79 Å². The van der Waals surface area contributed by atoms with Crippen molar-refractivity contribution in [1.82, 2.24) is 0 Å². The maximum Gasteiger partial charge on any atom is 0.228 e. The molecule has 0 unspecified atom stereocenters. The van der Waals surface area contributed by atoms with Crippen LogP contribution < -0.4 is 5.32 Å². The first kappa shape index (κ1) is 14.6. The lowest BCUT2D eigenvalue weighted by atomic mass is 10.1. The van der Waals surface area contributed by atoms with Crippen LogP contribution in [0.1, 0.15) is 11.1 Å². The van der Waals surface area contributed by atoms with E-state index in [0.29, 0.717) is 11.3 Å². The van der Waals surface area contributed by atoms with Gasteiger partial charge in [0.15, 0.2) is 0 Å². The quantitative estimate of drug-likeness (QED) is 0.830. The number of nitrogens with one attached hydrogen (secondary N) is 1. The summed E-state index contributed by atoms with van der Waals surface area (Å²) in [5.74, 6) is -0.161.